The van der Waals surface area contributed by atoms with Crippen molar-refractivity contribution < 1.29 is 17.9 Å². The van der Waals surface area contributed by atoms with Gasteiger partial charge in [-0.15, -0.1) is 0 Å². The molecule has 0 radical (unpaired) electrons. The first-order valence-electron chi connectivity index (χ1n) is 7.93. The summed E-state index contributed by atoms with van der Waals surface area (Å²) in [6.07, 6.45) is 0.459. The van der Waals surface area contributed by atoms with Crippen LogP contribution in [0.15, 0.2) is 33.9 Å². The molecule has 1 aliphatic rings. The Bertz CT molecular complexity index is 853. The van der Waals surface area contributed by atoms with E-state index in [9.17, 15) is 8.42 Å². The Morgan fingerprint density at radius 1 is 1.44 bits per heavy atom. The third-order valence-electron chi connectivity index (χ3n) is 4.19. The number of halogens is 1. The number of hydrogen-bond acceptors (Lipinski definition) is 6. The highest BCUT2D eigenvalue weighted by Gasteiger charge is 2.36. The number of pyridine rings is 1. The molecular formula is C16H20BrN3O4S. The Hall–Kier alpha value is -1.29. The molecule has 0 spiro atoms. The molecule has 2 unspecified atom stereocenters. The van der Waals surface area contributed by atoms with Crippen LogP contribution < -0.4 is 0 Å². The largest absolute Gasteiger partial charge is 0.372 e. The summed E-state index contributed by atoms with van der Waals surface area (Å²) in [6, 6.07) is 6.89. The van der Waals surface area contributed by atoms with Gasteiger partial charge in [-0.25, -0.2) is 18.1 Å². The molecule has 0 aromatic carbocycles. The Balaban J connectivity index is 1.86. The molecule has 1 saturated heterocycles. The minimum Gasteiger partial charge on any atom is -0.372 e. The molecule has 0 saturated carbocycles. The molecule has 7 nitrogen and oxygen atoms in total. The van der Waals surface area contributed by atoms with E-state index in [2.05, 4.69) is 26.0 Å². The van der Waals surface area contributed by atoms with Gasteiger partial charge in [0.25, 0.3) is 0 Å². The lowest BCUT2D eigenvalue weighted by Gasteiger charge is -2.29. The van der Waals surface area contributed by atoms with Crippen molar-refractivity contribution in [3.05, 3.63) is 40.3 Å². The van der Waals surface area contributed by atoms with Gasteiger partial charge < -0.3 is 9.47 Å². The third kappa shape index (κ3) is 3.94. The summed E-state index contributed by atoms with van der Waals surface area (Å²) in [5.74, 6) is 0. The second kappa shape index (κ2) is 7.53. The number of nitrogens with zero attached hydrogens (tertiary/aromatic N) is 3. The van der Waals surface area contributed by atoms with Crippen LogP contribution in [0.4, 0.5) is 0 Å². The van der Waals surface area contributed by atoms with Crippen molar-refractivity contribution in [3.63, 3.8) is 0 Å². The Morgan fingerprint density at radius 3 is 2.96 bits per heavy atom. The van der Waals surface area contributed by atoms with E-state index >= 15 is 0 Å². The van der Waals surface area contributed by atoms with Crippen molar-refractivity contribution in [1.82, 2.24) is 14.8 Å². The van der Waals surface area contributed by atoms with Gasteiger partial charge in [-0.05, 0) is 53.9 Å². The summed E-state index contributed by atoms with van der Waals surface area (Å²) >= 11 is 3.35. The maximum Gasteiger partial charge on any atom is 0.198 e. The molecule has 1 fully saturated rings. The highest BCUT2D eigenvalue weighted by atomic mass is 79.9. The summed E-state index contributed by atoms with van der Waals surface area (Å²) < 4.78 is 39.2. The molecule has 25 heavy (non-hydrogen) atoms. The van der Waals surface area contributed by atoms with Crippen molar-refractivity contribution >= 4 is 25.8 Å². The van der Waals surface area contributed by atoms with Crippen LogP contribution in [0.25, 0.3) is 0 Å². The fraction of sp³-hybridized carbons (Fsp3) is 0.500. The van der Waals surface area contributed by atoms with E-state index in [0.717, 1.165) is 5.69 Å². The van der Waals surface area contributed by atoms with Gasteiger partial charge in [0.2, 0.25) is 0 Å². The predicted molar refractivity (Wildman–Crippen MR) is 94.8 cm³/mol. The number of hydrogen-bond donors (Lipinski definition) is 0. The summed E-state index contributed by atoms with van der Waals surface area (Å²) in [5.41, 5.74) is 1.48. The van der Waals surface area contributed by atoms with E-state index in [0.29, 0.717) is 29.7 Å². The van der Waals surface area contributed by atoms with E-state index in [4.69, 9.17) is 9.47 Å². The zero-order valence-electron chi connectivity index (χ0n) is 14.1. The van der Waals surface area contributed by atoms with Crippen LogP contribution in [0.1, 0.15) is 30.3 Å². The van der Waals surface area contributed by atoms with E-state index in [1.54, 1.807) is 36.9 Å². The van der Waals surface area contributed by atoms with Gasteiger partial charge in [0.05, 0.1) is 10.9 Å². The average Bonchev–Trinajstić information content (AvgIpc) is 2.96. The minimum atomic E-state index is -3.51. The van der Waals surface area contributed by atoms with Crippen LogP contribution in [-0.4, -0.2) is 42.1 Å². The lowest BCUT2D eigenvalue weighted by molar-refractivity contribution is 0.00561. The summed E-state index contributed by atoms with van der Waals surface area (Å²) in [6.45, 7) is 2.43. The van der Waals surface area contributed by atoms with Gasteiger partial charge in [-0.3, -0.25) is 0 Å². The first-order valence-corrected chi connectivity index (χ1v) is 10.3. The maximum absolute atomic E-state index is 13.0. The van der Waals surface area contributed by atoms with E-state index in [1.165, 1.54) is 0 Å². The summed E-state index contributed by atoms with van der Waals surface area (Å²) in [5, 5.41) is 3.89. The number of aromatic nitrogens is 3. The van der Waals surface area contributed by atoms with Crippen molar-refractivity contribution in [2.45, 2.75) is 42.9 Å². The highest BCUT2D eigenvalue weighted by Crippen LogP contribution is 2.34. The van der Waals surface area contributed by atoms with Crippen LogP contribution >= 0.6 is 15.9 Å². The fourth-order valence-electron chi connectivity index (χ4n) is 2.98. The summed E-state index contributed by atoms with van der Waals surface area (Å²) in [4.78, 5) is 4.20. The maximum atomic E-state index is 13.0. The first kappa shape index (κ1) is 18.5. The summed E-state index contributed by atoms with van der Waals surface area (Å²) in [7, 11) is -1.93. The Morgan fingerprint density at radius 2 is 2.24 bits per heavy atom. The fourth-order valence-corrected chi connectivity index (χ4v) is 5.13. The van der Waals surface area contributed by atoms with Crippen LogP contribution in [0.2, 0.25) is 0 Å². The van der Waals surface area contributed by atoms with Crippen LogP contribution in [-0.2, 0) is 26.0 Å². The predicted octanol–water partition coefficient (Wildman–Crippen LogP) is 2.65. The quantitative estimate of drug-likeness (QED) is 0.726. The molecule has 2 aromatic rings. The molecule has 136 valence electrons. The molecule has 9 heteroatoms. The van der Waals surface area contributed by atoms with Gasteiger partial charge in [0, 0.05) is 19.4 Å². The van der Waals surface area contributed by atoms with Crippen molar-refractivity contribution in [2.75, 3.05) is 13.7 Å². The van der Waals surface area contributed by atoms with Gasteiger partial charge in [-0.2, -0.15) is 5.10 Å². The molecule has 0 aliphatic carbocycles. The lowest BCUT2D eigenvalue weighted by Crippen LogP contribution is -2.32. The molecule has 2 atom stereocenters. The Labute approximate surface area is 155 Å². The first-order chi connectivity index (χ1) is 11.9. The molecular weight excluding hydrogens is 410 g/mol. The third-order valence-corrected chi connectivity index (χ3v) is 6.70. The van der Waals surface area contributed by atoms with Crippen molar-refractivity contribution in [2.24, 2.45) is 0 Å². The van der Waals surface area contributed by atoms with E-state index in [-0.39, 0.29) is 17.9 Å². The molecule has 3 heterocycles. The topological polar surface area (TPSA) is 83.3 Å². The number of aryl methyl sites for hydroxylation is 1. The normalized spacial score (nSPS) is 21.4. The van der Waals surface area contributed by atoms with Gasteiger partial charge >= 0.3 is 0 Å². The lowest BCUT2D eigenvalue weighted by atomic mass is 10.1. The van der Waals surface area contributed by atoms with E-state index < -0.39 is 15.1 Å². The van der Waals surface area contributed by atoms with Crippen LogP contribution in [0.3, 0.4) is 0 Å². The second-order valence-corrected chi connectivity index (χ2v) is 8.96. The molecule has 0 N–H and O–H groups in total. The molecule has 0 amide bonds. The molecule has 3 rings (SSSR count). The van der Waals surface area contributed by atoms with Gasteiger partial charge in [0.1, 0.15) is 17.4 Å². The Kier molecular flexibility index (Phi) is 5.57. The number of sulfone groups is 1. The molecule has 0 bridgehead atoms. The number of rotatable bonds is 5. The minimum absolute atomic E-state index is 0.129. The molecule has 1 aliphatic heterocycles. The average molecular weight is 430 g/mol. The zero-order valence-corrected chi connectivity index (χ0v) is 16.5. The van der Waals surface area contributed by atoms with E-state index in [1.807, 2.05) is 6.07 Å². The SMILES string of the molecule is COCn1nc(Br)cc1C1CC(S(=O)(=O)c2cccc(C)n2)CCO1. The number of ether oxygens (including phenoxy) is 2. The number of methoxy groups -OCH3 is 1. The van der Waals surface area contributed by atoms with Gasteiger partial charge in [-0.1, -0.05) is 6.07 Å². The van der Waals surface area contributed by atoms with Crippen molar-refractivity contribution in [3.8, 4) is 0 Å². The van der Waals surface area contributed by atoms with Crippen LogP contribution in [0, 0.1) is 6.92 Å². The van der Waals surface area contributed by atoms with Crippen LogP contribution in [0.5, 0.6) is 0 Å². The zero-order chi connectivity index (χ0) is 18.0. The molecule has 2 aromatic heterocycles. The standard InChI is InChI=1S/C16H20BrN3O4S/c1-11-4-3-5-16(18-11)25(21,22)12-6-7-24-14(8-12)13-9-15(17)19-20(13)10-23-2/h3-5,9,12,14H,6-8,10H2,1-2H3. The smallest absolute Gasteiger partial charge is 0.198 e. The highest BCUT2D eigenvalue weighted by molar-refractivity contribution is 9.10. The monoisotopic (exact) mass is 429 g/mol. The van der Waals surface area contributed by atoms with Gasteiger partial charge in [0.15, 0.2) is 14.9 Å². The second-order valence-electron chi connectivity index (χ2n) is 5.98. The van der Waals surface area contributed by atoms with Crippen molar-refractivity contribution in [1.29, 1.82) is 0 Å².